The molecule has 2 atom stereocenters. The van der Waals surface area contributed by atoms with Crippen molar-refractivity contribution in [2.75, 3.05) is 31.4 Å². The molecule has 1 aliphatic rings. The maximum absolute atomic E-state index is 5.32. The first-order valence-corrected chi connectivity index (χ1v) is 9.68. The summed E-state index contributed by atoms with van der Waals surface area (Å²) in [4.78, 5) is 15.9. The van der Waals surface area contributed by atoms with E-state index in [1.165, 1.54) is 19.3 Å². The standard InChI is InChI=1S/C15H22N4OS2/c1-10-4-5-11(8-10)19(6-7-20-2)14-12-13(16-9-17-14)18-15(21-3)22-12/h9-11H,4-8H2,1-3H3. The first-order valence-electron chi connectivity index (χ1n) is 7.64. The number of aromatic nitrogens is 3. The van der Waals surface area contributed by atoms with Gasteiger partial charge in [0.2, 0.25) is 0 Å². The molecular weight excluding hydrogens is 316 g/mol. The molecule has 1 saturated carbocycles. The van der Waals surface area contributed by atoms with Crippen LogP contribution in [0.4, 0.5) is 5.82 Å². The second-order valence-corrected chi connectivity index (χ2v) is 7.84. The number of rotatable bonds is 6. The van der Waals surface area contributed by atoms with Gasteiger partial charge in [0.15, 0.2) is 15.8 Å². The molecule has 0 saturated heterocycles. The molecule has 5 nitrogen and oxygen atoms in total. The number of thiazole rings is 1. The van der Waals surface area contributed by atoms with E-state index in [1.807, 2.05) is 6.26 Å². The summed E-state index contributed by atoms with van der Waals surface area (Å²) < 4.78 is 7.46. The molecule has 120 valence electrons. The van der Waals surface area contributed by atoms with E-state index < -0.39 is 0 Å². The lowest BCUT2D eigenvalue weighted by Gasteiger charge is -2.30. The van der Waals surface area contributed by atoms with Crippen LogP contribution in [0, 0.1) is 5.92 Å². The van der Waals surface area contributed by atoms with Crippen molar-refractivity contribution < 1.29 is 4.74 Å². The van der Waals surface area contributed by atoms with Crippen molar-refractivity contribution in [3.05, 3.63) is 6.33 Å². The average Bonchev–Trinajstić information content (AvgIpc) is 3.14. The van der Waals surface area contributed by atoms with E-state index in [0.29, 0.717) is 12.6 Å². The maximum Gasteiger partial charge on any atom is 0.176 e. The van der Waals surface area contributed by atoms with E-state index in [0.717, 1.165) is 33.0 Å². The lowest BCUT2D eigenvalue weighted by atomic mass is 10.1. The van der Waals surface area contributed by atoms with Crippen molar-refractivity contribution in [3.8, 4) is 0 Å². The van der Waals surface area contributed by atoms with Crippen molar-refractivity contribution in [1.29, 1.82) is 0 Å². The molecule has 0 radical (unpaired) electrons. The van der Waals surface area contributed by atoms with Gasteiger partial charge in [-0.25, -0.2) is 15.0 Å². The first kappa shape index (κ1) is 16.0. The zero-order valence-electron chi connectivity index (χ0n) is 13.3. The van der Waals surface area contributed by atoms with Gasteiger partial charge in [0.05, 0.1) is 6.61 Å². The number of hydrogen-bond acceptors (Lipinski definition) is 7. The molecule has 1 fully saturated rings. The highest BCUT2D eigenvalue weighted by Gasteiger charge is 2.29. The summed E-state index contributed by atoms with van der Waals surface area (Å²) in [5.74, 6) is 1.81. The van der Waals surface area contributed by atoms with Crippen LogP contribution >= 0.6 is 23.1 Å². The molecule has 0 amide bonds. The van der Waals surface area contributed by atoms with Crippen LogP contribution in [0.2, 0.25) is 0 Å². The van der Waals surface area contributed by atoms with Crippen LogP contribution < -0.4 is 4.90 Å². The molecule has 0 bridgehead atoms. The fourth-order valence-electron chi connectivity index (χ4n) is 3.13. The van der Waals surface area contributed by atoms with Crippen LogP contribution in [0.3, 0.4) is 0 Å². The Hall–Kier alpha value is -0.920. The van der Waals surface area contributed by atoms with Gasteiger partial charge in [-0.15, -0.1) is 11.3 Å². The molecule has 22 heavy (non-hydrogen) atoms. The van der Waals surface area contributed by atoms with Crippen molar-refractivity contribution in [2.24, 2.45) is 5.92 Å². The van der Waals surface area contributed by atoms with E-state index in [-0.39, 0.29) is 0 Å². The topological polar surface area (TPSA) is 51.1 Å². The minimum atomic E-state index is 0.545. The lowest BCUT2D eigenvalue weighted by Crippen LogP contribution is -2.37. The summed E-state index contributed by atoms with van der Waals surface area (Å²) in [7, 11) is 1.75. The molecule has 3 rings (SSSR count). The molecule has 0 aromatic carbocycles. The van der Waals surface area contributed by atoms with Crippen LogP contribution in [0.1, 0.15) is 26.2 Å². The summed E-state index contributed by atoms with van der Waals surface area (Å²) in [5.41, 5.74) is 0.813. The predicted octanol–water partition coefficient (Wildman–Crippen LogP) is 3.45. The molecule has 2 aromatic rings. The van der Waals surface area contributed by atoms with Gasteiger partial charge in [-0.2, -0.15) is 0 Å². The number of thioether (sulfide) groups is 1. The van der Waals surface area contributed by atoms with Gasteiger partial charge in [-0.1, -0.05) is 18.7 Å². The van der Waals surface area contributed by atoms with Crippen LogP contribution in [0.25, 0.3) is 10.3 Å². The summed E-state index contributed by atoms with van der Waals surface area (Å²) in [6, 6.07) is 0.545. The maximum atomic E-state index is 5.32. The summed E-state index contributed by atoms with van der Waals surface area (Å²) in [6.45, 7) is 3.92. The van der Waals surface area contributed by atoms with E-state index in [4.69, 9.17) is 4.74 Å². The van der Waals surface area contributed by atoms with Crippen molar-refractivity contribution >= 4 is 39.3 Å². The van der Waals surface area contributed by atoms with Crippen LogP contribution in [0.15, 0.2) is 10.7 Å². The van der Waals surface area contributed by atoms with Gasteiger partial charge in [-0.05, 0) is 31.4 Å². The Bertz CT molecular complexity index is 633. The Balaban J connectivity index is 1.97. The largest absolute Gasteiger partial charge is 0.383 e. The zero-order valence-corrected chi connectivity index (χ0v) is 14.9. The van der Waals surface area contributed by atoms with Crippen molar-refractivity contribution in [1.82, 2.24) is 15.0 Å². The van der Waals surface area contributed by atoms with Gasteiger partial charge in [0.1, 0.15) is 11.0 Å². The summed E-state index contributed by atoms with van der Waals surface area (Å²) >= 11 is 3.35. The number of ether oxygens (including phenoxy) is 1. The predicted molar refractivity (Wildman–Crippen MR) is 93.0 cm³/mol. The molecule has 7 heteroatoms. The van der Waals surface area contributed by atoms with Crippen molar-refractivity contribution in [2.45, 2.75) is 36.6 Å². The van der Waals surface area contributed by atoms with Gasteiger partial charge < -0.3 is 9.64 Å². The van der Waals surface area contributed by atoms with E-state index in [9.17, 15) is 0 Å². The number of nitrogens with zero attached hydrogens (tertiary/aromatic N) is 4. The second kappa shape index (κ2) is 7.10. The highest BCUT2D eigenvalue weighted by atomic mass is 32.2. The summed E-state index contributed by atoms with van der Waals surface area (Å²) in [6.07, 6.45) is 7.43. The van der Waals surface area contributed by atoms with E-state index in [2.05, 4.69) is 26.8 Å². The lowest BCUT2D eigenvalue weighted by molar-refractivity contribution is 0.203. The van der Waals surface area contributed by atoms with Crippen LogP contribution in [-0.2, 0) is 4.74 Å². The zero-order chi connectivity index (χ0) is 15.5. The highest BCUT2D eigenvalue weighted by molar-refractivity contribution is 8.00. The number of anilines is 1. The Morgan fingerprint density at radius 3 is 2.95 bits per heavy atom. The number of methoxy groups -OCH3 is 1. The Morgan fingerprint density at radius 2 is 2.27 bits per heavy atom. The minimum absolute atomic E-state index is 0.545. The fourth-order valence-corrected chi connectivity index (χ4v) is 4.64. The normalized spacial score (nSPS) is 21.6. The minimum Gasteiger partial charge on any atom is -0.383 e. The third-order valence-corrected chi connectivity index (χ3v) is 6.27. The third kappa shape index (κ3) is 3.21. The van der Waals surface area contributed by atoms with Gasteiger partial charge in [-0.3, -0.25) is 0 Å². The smallest absolute Gasteiger partial charge is 0.176 e. The van der Waals surface area contributed by atoms with Crippen molar-refractivity contribution in [3.63, 3.8) is 0 Å². The average molecular weight is 339 g/mol. The number of fused-ring (bicyclic) bond motifs is 1. The molecule has 0 aliphatic heterocycles. The molecule has 0 spiro atoms. The van der Waals surface area contributed by atoms with Gasteiger partial charge >= 0.3 is 0 Å². The van der Waals surface area contributed by atoms with Crippen LogP contribution in [-0.4, -0.2) is 47.5 Å². The molecule has 0 N–H and O–H groups in total. The third-order valence-electron chi connectivity index (χ3n) is 4.24. The summed E-state index contributed by atoms with van der Waals surface area (Å²) in [5, 5.41) is 0. The SMILES string of the molecule is COCCN(c1ncnc2nc(SC)sc12)C1CCC(C)C1. The Kier molecular flexibility index (Phi) is 5.15. The molecule has 2 unspecified atom stereocenters. The Labute approximate surface area is 139 Å². The van der Waals surface area contributed by atoms with E-state index in [1.54, 1.807) is 36.5 Å². The number of hydrogen-bond donors (Lipinski definition) is 0. The first-order chi connectivity index (χ1) is 10.7. The van der Waals surface area contributed by atoms with Crippen LogP contribution in [0.5, 0.6) is 0 Å². The second-order valence-electron chi connectivity index (χ2n) is 5.79. The molecule has 2 aromatic heterocycles. The molecular formula is C15H22N4OS2. The monoisotopic (exact) mass is 338 g/mol. The fraction of sp³-hybridized carbons (Fsp3) is 0.667. The molecule has 1 aliphatic carbocycles. The van der Waals surface area contributed by atoms with Gasteiger partial charge in [0, 0.05) is 19.7 Å². The van der Waals surface area contributed by atoms with E-state index >= 15 is 0 Å². The molecule has 2 heterocycles. The van der Waals surface area contributed by atoms with Gasteiger partial charge in [0.25, 0.3) is 0 Å². The quantitative estimate of drug-likeness (QED) is 0.752. The Morgan fingerprint density at radius 1 is 1.41 bits per heavy atom. The highest BCUT2D eigenvalue weighted by Crippen LogP contribution is 2.37.